The molecule has 1 aliphatic carbocycles. The summed E-state index contributed by atoms with van der Waals surface area (Å²) in [6.07, 6.45) is 3.46. The van der Waals surface area contributed by atoms with Gasteiger partial charge >= 0.3 is 12.1 Å². The predicted octanol–water partition coefficient (Wildman–Crippen LogP) is 1.38. The summed E-state index contributed by atoms with van der Waals surface area (Å²) in [5.74, 6) is 0.372. The van der Waals surface area contributed by atoms with Crippen LogP contribution in [-0.4, -0.2) is 23.5 Å². The van der Waals surface area contributed by atoms with Gasteiger partial charge in [-0.2, -0.15) is 0 Å². The summed E-state index contributed by atoms with van der Waals surface area (Å²) in [7, 11) is 0. The van der Waals surface area contributed by atoms with Gasteiger partial charge in [-0.1, -0.05) is 19.9 Å². The molecule has 15 heavy (non-hydrogen) atoms. The fourth-order valence-electron chi connectivity index (χ4n) is 2.00. The molecule has 2 fully saturated rings. The predicted molar refractivity (Wildman–Crippen MR) is 54.9 cm³/mol. The highest BCUT2D eigenvalue weighted by atomic mass is 16.2. The van der Waals surface area contributed by atoms with E-state index in [4.69, 9.17) is 0 Å². The number of hydrogen-bond donors (Lipinski definition) is 2. The second kappa shape index (κ2) is 3.25. The Bertz CT molecular complexity index is 314. The van der Waals surface area contributed by atoms with Crippen LogP contribution in [0.3, 0.4) is 0 Å². The van der Waals surface area contributed by atoms with Crippen LogP contribution in [0.5, 0.6) is 0 Å². The van der Waals surface area contributed by atoms with Gasteiger partial charge in [0.25, 0.3) is 0 Å². The molecule has 1 saturated carbocycles. The van der Waals surface area contributed by atoms with E-state index in [9.17, 15) is 9.59 Å². The van der Waals surface area contributed by atoms with Gasteiger partial charge in [0, 0.05) is 6.54 Å². The van der Waals surface area contributed by atoms with Crippen molar-refractivity contribution >= 4 is 12.1 Å². The molecule has 5 heteroatoms. The van der Waals surface area contributed by atoms with Gasteiger partial charge in [0.2, 0.25) is 0 Å². The molecule has 0 radical (unpaired) electrons. The Balaban J connectivity index is 2.04. The van der Waals surface area contributed by atoms with Crippen LogP contribution in [0.4, 0.5) is 9.59 Å². The van der Waals surface area contributed by atoms with Gasteiger partial charge in [0.05, 0.1) is 0 Å². The first-order valence-electron chi connectivity index (χ1n) is 5.09. The quantitative estimate of drug-likeness (QED) is 0.721. The van der Waals surface area contributed by atoms with E-state index in [-0.39, 0.29) is 11.4 Å². The first-order valence-corrected chi connectivity index (χ1v) is 5.09. The number of nitrogens with zero attached hydrogens (tertiary/aromatic N) is 1. The number of rotatable bonds is 2. The highest BCUT2D eigenvalue weighted by Crippen LogP contribution is 2.41. The first kappa shape index (κ1) is 10.0. The van der Waals surface area contributed by atoms with Crippen LogP contribution in [0.25, 0.3) is 0 Å². The Kier molecular flexibility index (Phi) is 2.17. The maximum absolute atomic E-state index is 11.5. The average Bonchev–Trinajstić information content (AvgIpc) is 2.08. The van der Waals surface area contributed by atoms with Crippen LogP contribution in [0.2, 0.25) is 0 Å². The van der Waals surface area contributed by atoms with Gasteiger partial charge in [0.1, 0.15) is 5.82 Å². The summed E-state index contributed by atoms with van der Waals surface area (Å²) in [6, 6.07) is -0.878. The molecular weight excluding hydrogens is 194 g/mol. The van der Waals surface area contributed by atoms with Crippen molar-refractivity contribution in [3.05, 3.63) is 12.4 Å². The van der Waals surface area contributed by atoms with Crippen molar-refractivity contribution in [1.29, 1.82) is 0 Å². The molecule has 1 saturated heterocycles. The summed E-state index contributed by atoms with van der Waals surface area (Å²) < 4.78 is 0. The van der Waals surface area contributed by atoms with E-state index < -0.39 is 6.03 Å². The molecule has 1 heterocycles. The SMILES string of the molecule is C=C1NC(=O)NC(=O)N1CC1(C)CCC1. The van der Waals surface area contributed by atoms with Crippen molar-refractivity contribution in [2.75, 3.05) is 6.54 Å². The standard InChI is InChI=1S/C10H15N3O2/c1-7-11-8(14)12-9(15)13(7)6-10(2)4-3-5-10/h1,3-6H2,2H3,(H2,11,12,14,15). The third-order valence-electron chi connectivity index (χ3n) is 3.15. The van der Waals surface area contributed by atoms with Gasteiger partial charge in [-0.05, 0) is 18.3 Å². The van der Waals surface area contributed by atoms with Crippen LogP contribution in [0.1, 0.15) is 26.2 Å². The summed E-state index contributed by atoms with van der Waals surface area (Å²) in [5.41, 5.74) is 0.183. The summed E-state index contributed by atoms with van der Waals surface area (Å²) in [4.78, 5) is 24.0. The molecule has 0 aromatic heterocycles. The lowest BCUT2D eigenvalue weighted by Crippen LogP contribution is -2.58. The van der Waals surface area contributed by atoms with Crippen LogP contribution in [0.15, 0.2) is 12.4 Å². The number of carbonyl (C=O) groups is 2. The van der Waals surface area contributed by atoms with Crippen molar-refractivity contribution in [2.24, 2.45) is 5.41 Å². The molecule has 0 spiro atoms. The number of hydrogen-bond acceptors (Lipinski definition) is 2. The number of imide groups is 1. The zero-order chi connectivity index (χ0) is 11.1. The second-order valence-corrected chi connectivity index (χ2v) is 4.58. The maximum atomic E-state index is 11.5. The van der Waals surface area contributed by atoms with Crippen LogP contribution in [0, 0.1) is 5.41 Å². The molecule has 0 bridgehead atoms. The Morgan fingerprint density at radius 1 is 1.40 bits per heavy atom. The molecule has 0 unspecified atom stereocenters. The molecule has 2 rings (SSSR count). The van der Waals surface area contributed by atoms with Crippen molar-refractivity contribution < 1.29 is 9.59 Å². The number of carbonyl (C=O) groups excluding carboxylic acids is 2. The molecule has 0 aromatic rings. The van der Waals surface area contributed by atoms with E-state index in [0.29, 0.717) is 12.4 Å². The molecule has 0 aromatic carbocycles. The molecule has 5 nitrogen and oxygen atoms in total. The van der Waals surface area contributed by atoms with Gasteiger partial charge in [-0.25, -0.2) is 9.59 Å². The van der Waals surface area contributed by atoms with E-state index in [1.165, 1.54) is 11.3 Å². The lowest BCUT2D eigenvalue weighted by atomic mass is 9.70. The van der Waals surface area contributed by atoms with E-state index in [1.54, 1.807) is 0 Å². The summed E-state index contributed by atoms with van der Waals surface area (Å²) >= 11 is 0. The van der Waals surface area contributed by atoms with Crippen LogP contribution < -0.4 is 10.6 Å². The minimum atomic E-state index is -0.500. The normalized spacial score (nSPS) is 24.3. The van der Waals surface area contributed by atoms with Crippen molar-refractivity contribution in [1.82, 2.24) is 15.5 Å². The third-order valence-corrected chi connectivity index (χ3v) is 3.15. The Hall–Kier alpha value is -1.52. The lowest BCUT2D eigenvalue weighted by molar-refractivity contribution is 0.106. The van der Waals surface area contributed by atoms with E-state index in [0.717, 1.165) is 12.8 Å². The van der Waals surface area contributed by atoms with Crippen LogP contribution in [-0.2, 0) is 0 Å². The minimum absolute atomic E-state index is 0.183. The Morgan fingerprint density at radius 3 is 2.53 bits per heavy atom. The fraction of sp³-hybridized carbons (Fsp3) is 0.600. The average molecular weight is 209 g/mol. The summed E-state index contributed by atoms with van der Waals surface area (Å²) in [5, 5.41) is 4.70. The smallest absolute Gasteiger partial charge is 0.294 e. The fourth-order valence-corrected chi connectivity index (χ4v) is 2.00. The van der Waals surface area contributed by atoms with Crippen molar-refractivity contribution in [2.45, 2.75) is 26.2 Å². The zero-order valence-electron chi connectivity index (χ0n) is 8.80. The monoisotopic (exact) mass is 209 g/mol. The highest BCUT2D eigenvalue weighted by Gasteiger charge is 2.37. The second-order valence-electron chi connectivity index (χ2n) is 4.58. The molecule has 0 atom stereocenters. The topological polar surface area (TPSA) is 61.4 Å². The highest BCUT2D eigenvalue weighted by molar-refractivity contribution is 5.97. The van der Waals surface area contributed by atoms with Gasteiger partial charge < -0.3 is 0 Å². The van der Waals surface area contributed by atoms with Crippen LogP contribution >= 0.6 is 0 Å². The zero-order valence-corrected chi connectivity index (χ0v) is 8.80. The Labute approximate surface area is 88.5 Å². The molecule has 4 amide bonds. The first-order chi connectivity index (χ1) is 7.00. The third kappa shape index (κ3) is 1.82. The Morgan fingerprint density at radius 2 is 2.07 bits per heavy atom. The van der Waals surface area contributed by atoms with E-state index in [2.05, 4.69) is 24.1 Å². The molecule has 2 N–H and O–H groups in total. The molecular formula is C10H15N3O2. The summed E-state index contributed by atoms with van der Waals surface area (Å²) in [6.45, 7) is 6.44. The van der Waals surface area contributed by atoms with E-state index >= 15 is 0 Å². The van der Waals surface area contributed by atoms with Crippen molar-refractivity contribution in [3.63, 3.8) is 0 Å². The largest absolute Gasteiger partial charge is 0.331 e. The van der Waals surface area contributed by atoms with Gasteiger partial charge in [-0.3, -0.25) is 15.5 Å². The number of nitrogens with one attached hydrogen (secondary N) is 2. The van der Waals surface area contributed by atoms with Gasteiger partial charge in [0.15, 0.2) is 0 Å². The number of amides is 4. The molecule has 1 aliphatic heterocycles. The van der Waals surface area contributed by atoms with E-state index in [1.807, 2.05) is 0 Å². The maximum Gasteiger partial charge on any atom is 0.331 e. The van der Waals surface area contributed by atoms with Gasteiger partial charge in [-0.15, -0.1) is 0 Å². The number of urea groups is 2. The molecule has 2 aliphatic rings. The minimum Gasteiger partial charge on any atom is -0.294 e. The van der Waals surface area contributed by atoms with Crippen molar-refractivity contribution in [3.8, 4) is 0 Å². The lowest BCUT2D eigenvalue weighted by Gasteiger charge is -2.43. The molecule has 82 valence electrons.